The van der Waals surface area contributed by atoms with E-state index in [0.29, 0.717) is 17.9 Å². The molecular formula is C17H20N2O3S. The number of carboxylic acid groups (broad SMARTS) is 1. The van der Waals surface area contributed by atoms with Gasteiger partial charge in [0.2, 0.25) is 0 Å². The number of nitrogens with zero attached hydrogens (tertiary/aromatic N) is 1. The molecule has 1 aliphatic rings. The lowest BCUT2D eigenvalue weighted by Gasteiger charge is -2.24. The van der Waals surface area contributed by atoms with E-state index in [0.717, 1.165) is 29.6 Å². The normalized spacial score (nSPS) is 20.7. The van der Waals surface area contributed by atoms with Crippen LogP contribution in [0.4, 0.5) is 0 Å². The van der Waals surface area contributed by atoms with Gasteiger partial charge in [-0.2, -0.15) is 11.8 Å². The summed E-state index contributed by atoms with van der Waals surface area (Å²) in [5.41, 5.74) is 0.394. The second-order valence-corrected chi connectivity index (χ2v) is 6.99. The summed E-state index contributed by atoms with van der Waals surface area (Å²) in [6, 6.07) is 9.68. The second kappa shape index (κ2) is 6.28. The van der Waals surface area contributed by atoms with E-state index in [1.54, 1.807) is 11.8 Å². The zero-order valence-electron chi connectivity index (χ0n) is 13.0. The van der Waals surface area contributed by atoms with Crippen LogP contribution in [0.5, 0.6) is 0 Å². The van der Waals surface area contributed by atoms with Crippen LogP contribution in [0.2, 0.25) is 0 Å². The molecule has 0 spiro atoms. The van der Waals surface area contributed by atoms with Crippen LogP contribution in [0, 0.1) is 0 Å². The maximum absolute atomic E-state index is 12.8. The number of nitrogens with one attached hydrogen (secondary N) is 1. The number of aliphatic carboxylic acids is 1. The highest BCUT2D eigenvalue weighted by atomic mass is 32.2. The zero-order chi connectivity index (χ0) is 16.4. The lowest BCUT2D eigenvalue weighted by Crippen LogP contribution is -2.55. The molecule has 23 heavy (non-hydrogen) atoms. The molecule has 1 fully saturated rings. The van der Waals surface area contributed by atoms with Crippen molar-refractivity contribution in [2.45, 2.75) is 31.8 Å². The lowest BCUT2D eigenvalue weighted by atomic mass is 9.99. The summed E-state index contributed by atoms with van der Waals surface area (Å²) in [6.07, 6.45) is 1.37. The minimum absolute atomic E-state index is 0.306. The third kappa shape index (κ3) is 2.83. The maximum Gasteiger partial charge on any atom is 0.330 e. The van der Waals surface area contributed by atoms with E-state index in [1.165, 1.54) is 0 Å². The number of rotatable bonds is 5. The number of thioether (sulfide) groups is 1. The van der Waals surface area contributed by atoms with E-state index in [1.807, 2.05) is 34.9 Å². The first-order chi connectivity index (χ1) is 11.1. The van der Waals surface area contributed by atoms with Gasteiger partial charge in [-0.1, -0.05) is 25.1 Å². The molecule has 1 saturated heterocycles. The Bertz CT molecular complexity index is 747. The Labute approximate surface area is 139 Å². The van der Waals surface area contributed by atoms with Gasteiger partial charge in [0.15, 0.2) is 0 Å². The van der Waals surface area contributed by atoms with Crippen LogP contribution in [0.3, 0.4) is 0 Å². The summed E-state index contributed by atoms with van der Waals surface area (Å²) < 4.78 is 1.97. The standard InChI is InChI=1S/C17H20N2O3S/c1-2-8-19-13-6-4-3-5-12(13)10-14(19)15(20)18-17(16(21)22)7-9-23-11-17/h3-6,10H,2,7-9,11H2,1H3,(H,18,20)(H,21,22). The number of aryl methyl sites for hydroxylation is 1. The van der Waals surface area contributed by atoms with E-state index in [4.69, 9.17) is 0 Å². The minimum atomic E-state index is -1.14. The van der Waals surface area contributed by atoms with Crippen LogP contribution >= 0.6 is 11.8 Å². The van der Waals surface area contributed by atoms with E-state index in [9.17, 15) is 14.7 Å². The molecule has 1 unspecified atom stereocenters. The average Bonchev–Trinajstić information content (AvgIpc) is 3.14. The Morgan fingerprint density at radius 1 is 1.39 bits per heavy atom. The Morgan fingerprint density at radius 2 is 2.17 bits per heavy atom. The summed E-state index contributed by atoms with van der Waals surface area (Å²) in [7, 11) is 0. The largest absolute Gasteiger partial charge is 0.479 e. The number of aromatic nitrogens is 1. The number of fused-ring (bicyclic) bond motifs is 1. The van der Waals surface area contributed by atoms with Crippen molar-refractivity contribution in [2.75, 3.05) is 11.5 Å². The van der Waals surface area contributed by atoms with Crippen molar-refractivity contribution in [1.29, 1.82) is 0 Å². The molecule has 2 heterocycles. The van der Waals surface area contributed by atoms with Crippen LogP contribution in [0.15, 0.2) is 30.3 Å². The molecule has 122 valence electrons. The SMILES string of the molecule is CCCn1c(C(=O)NC2(C(=O)O)CCSC2)cc2ccccc21. The summed E-state index contributed by atoms with van der Waals surface area (Å²) in [5.74, 6) is -0.0827. The monoisotopic (exact) mass is 332 g/mol. The first-order valence-electron chi connectivity index (χ1n) is 7.79. The highest BCUT2D eigenvalue weighted by molar-refractivity contribution is 7.99. The number of amides is 1. The molecule has 1 amide bonds. The van der Waals surface area contributed by atoms with Gasteiger partial charge in [-0.3, -0.25) is 4.79 Å². The van der Waals surface area contributed by atoms with Gasteiger partial charge in [-0.15, -0.1) is 0 Å². The van der Waals surface area contributed by atoms with E-state index in [-0.39, 0.29) is 5.91 Å². The van der Waals surface area contributed by atoms with Crippen molar-refractivity contribution >= 4 is 34.5 Å². The first-order valence-corrected chi connectivity index (χ1v) is 8.95. The fourth-order valence-electron chi connectivity index (χ4n) is 3.03. The summed E-state index contributed by atoms with van der Waals surface area (Å²) in [4.78, 5) is 24.4. The van der Waals surface area contributed by atoms with Gasteiger partial charge in [-0.25, -0.2) is 4.79 Å². The minimum Gasteiger partial charge on any atom is -0.479 e. The molecule has 2 aromatic rings. The Morgan fingerprint density at radius 3 is 2.83 bits per heavy atom. The van der Waals surface area contributed by atoms with Crippen molar-refractivity contribution in [3.8, 4) is 0 Å². The highest BCUT2D eigenvalue weighted by Crippen LogP contribution is 2.29. The molecule has 0 radical (unpaired) electrons. The quantitative estimate of drug-likeness (QED) is 0.883. The predicted octanol–water partition coefficient (Wildman–Crippen LogP) is 2.74. The molecule has 1 aromatic heterocycles. The highest BCUT2D eigenvalue weighted by Gasteiger charge is 2.43. The first kappa shape index (κ1) is 15.9. The van der Waals surface area contributed by atoms with Crippen molar-refractivity contribution in [3.05, 3.63) is 36.0 Å². The zero-order valence-corrected chi connectivity index (χ0v) is 13.9. The molecular weight excluding hydrogens is 312 g/mol. The number of carboxylic acids is 1. The maximum atomic E-state index is 12.8. The van der Waals surface area contributed by atoms with Crippen LogP contribution in [-0.4, -0.2) is 38.6 Å². The molecule has 0 aliphatic carbocycles. The van der Waals surface area contributed by atoms with Gasteiger partial charge in [0.05, 0.1) is 0 Å². The fraction of sp³-hybridized carbons (Fsp3) is 0.412. The Kier molecular flexibility index (Phi) is 4.35. The van der Waals surface area contributed by atoms with E-state index >= 15 is 0 Å². The van der Waals surface area contributed by atoms with Crippen LogP contribution in [-0.2, 0) is 11.3 Å². The summed E-state index contributed by atoms with van der Waals surface area (Å²) >= 11 is 1.56. The summed E-state index contributed by atoms with van der Waals surface area (Å²) in [6.45, 7) is 2.79. The molecule has 1 aliphatic heterocycles. The lowest BCUT2D eigenvalue weighted by molar-refractivity contribution is -0.143. The van der Waals surface area contributed by atoms with Crippen molar-refractivity contribution in [1.82, 2.24) is 9.88 Å². The number of benzene rings is 1. The Balaban J connectivity index is 1.97. The van der Waals surface area contributed by atoms with Gasteiger partial charge in [0.1, 0.15) is 11.2 Å². The third-order valence-corrected chi connectivity index (χ3v) is 5.46. The smallest absolute Gasteiger partial charge is 0.330 e. The van der Waals surface area contributed by atoms with Crippen molar-refractivity contribution in [3.63, 3.8) is 0 Å². The number of para-hydroxylation sites is 1. The van der Waals surface area contributed by atoms with E-state index < -0.39 is 11.5 Å². The predicted molar refractivity (Wildman–Crippen MR) is 92.0 cm³/mol. The molecule has 0 saturated carbocycles. The molecule has 0 bridgehead atoms. The topological polar surface area (TPSA) is 71.3 Å². The van der Waals surface area contributed by atoms with E-state index in [2.05, 4.69) is 12.2 Å². The van der Waals surface area contributed by atoms with Crippen LogP contribution < -0.4 is 5.32 Å². The average molecular weight is 332 g/mol. The molecule has 2 N–H and O–H groups in total. The van der Waals surface area contributed by atoms with Crippen molar-refractivity contribution < 1.29 is 14.7 Å². The third-order valence-electron chi connectivity index (χ3n) is 4.27. The molecule has 3 rings (SSSR count). The second-order valence-electron chi connectivity index (χ2n) is 5.88. The fourth-order valence-corrected chi connectivity index (χ4v) is 4.36. The number of hydrogen-bond donors (Lipinski definition) is 2. The Hall–Kier alpha value is -1.95. The van der Waals surface area contributed by atoms with Crippen LogP contribution in [0.1, 0.15) is 30.3 Å². The molecule has 1 atom stereocenters. The number of hydrogen-bond acceptors (Lipinski definition) is 3. The van der Waals surface area contributed by atoms with Crippen LogP contribution in [0.25, 0.3) is 10.9 Å². The van der Waals surface area contributed by atoms with Gasteiger partial charge >= 0.3 is 5.97 Å². The summed E-state index contributed by atoms with van der Waals surface area (Å²) in [5, 5.41) is 13.3. The molecule has 5 nitrogen and oxygen atoms in total. The van der Waals surface area contributed by atoms with Gasteiger partial charge in [0.25, 0.3) is 5.91 Å². The van der Waals surface area contributed by atoms with Crippen molar-refractivity contribution in [2.24, 2.45) is 0 Å². The molecule has 1 aromatic carbocycles. The number of carbonyl (C=O) groups excluding carboxylic acids is 1. The van der Waals surface area contributed by atoms with Gasteiger partial charge in [-0.05, 0) is 30.7 Å². The number of carbonyl (C=O) groups is 2. The van der Waals surface area contributed by atoms with Gasteiger partial charge in [0, 0.05) is 23.2 Å². The molecule has 6 heteroatoms. The van der Waals surface area contributed by atoms with Gasteiger partial charge < -0.3 is 15.0 Å².